The van der Waals surface area contributed by atoms with Crippen LogP contribution < -0.4 is 24.3 Å². The van der Waals surface area contributed by atoms with Gasteiger partial charge in [-0.2, -0.15) is 5.26 Å². The van der Waals surface area contributed by atoms with Crippen molar-refractivity contribution in [1.29, 1.82) is 5.26 Å². The van der Waals surface area contributed by atoms with Crippen LogP contribution in [0, 0.1) is 22.2 Å². The van der Waals surface area contributed by atoms with Crippen LogP contribution in [-0.2, 0) is 19.1 Å². The highest BCUT2D eigenvalue weighted by Gasteiger charge is 2.43. The van der Waals surface area contributed by atoms with Gasteiger partial charge in [0.2, 0.25) is 5.91 Å². The van der Waals surface area contributed by atoms with Gasteiger partial charge in [0.15, 0.2) is 0 Å². The van der Waals surface area contributed by atoms with Gasteiger partial charge < -0.3 is 29.0 Å². The molecule has 1 amide bonds. The molecular formula is C48H46N2O9. The van der Waals surface area contributed by atoms with Crippen LogP contribution in [0.5, 0.6) is 23.0 Å². The quantitative estimate of drug-likeness (QED) is 0.0417. The standard InChI is InChI=1S/C48H46N2O9/c1-6-48(4,46(54)59-42-26-18-38(19-27-42)50-43(51)28-11-33-9-20-39(55-5)21-10-33)32-47(2,3)45(53)57-30-29-56-40-22-16-37(17-23-40)44(52)58-41-24-14-36(15-25-41)35-12-7-34(31-49)8-13-35/h7-28H,6,29-30,32H2,1-5H3,(H,50,51)/b28-11+. The molecule has 0 radical (unpaired) electrons. The summed E-state index contributed by atoms with van der Waals surface area (Å²) in [5.74, 6) is 0.0556. The fraction of sp³-hybridized carbons (Fsp3) is 0.229. The first-order valence-electron chi connectivity index (χ1n) is 19.0. The van der Waals surface area contributed by atoms with Gasteiger partial charge in [-0.25, -0.2) is 4.79 Å². The monoisotopic (exact) mass is 794 g/mol. The van der Waals surface area contributed by atoms with E-state index < -0.39 is 28.7 Å². The van der Waals surface area contributed by atoms with Crippen molar-refractivity contribution >= 4 is 35.6 Å². The Morgan fingerprint density at radius 1 is 0.678 bits per heavy atom. The molecule has 1 atom stereocenters. The number of benzene rings is 5. The number of methoxy groups -OCH3 is 1. The summed E-state index contributed by atoms with van der Waals surface area (Å²) in [6, 6.07) is 36.6. The fourth-order valence-corrected chi connectivity index (χ4v) is 6.09. The van der Waals surface area contributed by atoms with Crippen LogP contribution >= 0.6 is 0 Å². The molecule has 0 aliphatic rings. The Hall–Kier alpha value is -7.19. The van der Waals surface area contributed by atoms with Crippen LogP contribution in [-0.4, -0.2) is 44.1 Å². The van der Waals surface area contributed by atoms with Gasteiger partial charge in [0.25, 0.3) is 0 Å². The van der Waals surface area contributed by atoms with Crippen LogP contribution in [0.4, 0.5) is 5.69 Å². The molecule has 0 aromatic heterocycles. The first kappa shape index (κ1) is 42.9. The van der Waals surface area contributed by atoms with Gasteiger partial charge in [-0.3, -0.25) is 14.4 Å². The van der Waals surface area contributed by atoms with E-state index in [-0.39, 0.29) is 25.5 Å². The number of carbonyl (C=O) groups is 4. The number of anilines is 1. The SMILES string of the molecule is CCC(C)(CC(C)(C)C(=O)OCCOc1ccc(C(=O)Oc2ccc(-c3ccc(C#N)cc3)cc2)cc1)C(=O)Oc1ccc(NC(=O)/C=C/c2ccc(OC)cc2)cc1. The molecule has 0 aliphatic carbocycles. The van der Waals surface area contributed by atoms with Crippen molar-refractivity contribution in [3.8, 4) is 40.2 Å². The van der Waals surface area contributed by atoms with E-state index in [2.05, 4.69) is 11.4 Å². The Morgan fingerprint density at radius 2 is 1.24 bits per heavy atom. The van der Waals surface area contributed by atoms with Gasteiger partial charge in [-0.05, 0) is 141 Å². The minimum atomic E-state index is -1.02. The summed E-state index contributed by atoms with van der Waals surface area (Å²) in [7, 11) is 1.59. The zero-order valence-electron chi connectivity index (χ0n) is 33.7. The number of nitrogens with zero attached hydrogens (tertiary/aromatic N) is 1. The lowest BCUT2D eigenvalue weighted by Gasteiger charge is -2.33. The number of carbonyl (C=O) groups excluding carboxylic acids is 4. The Morgan fingerprint density at radius 3 is 1.83 bits per heavy atom. The number of amides is 1. The molecule has 0 fully saturated rings. The number of esters is 3. The lowest BCUT2D eigenvalue weighted by Crippen LogP contribution is -2.40. The van der Waals surface area contributed by atoms with E-state index in [1.165, 1.54) is 6.08 Å². The molecule has 0 saturated carbocycles. The van der Waals surface area contributed by atoms with E-state index in [4.69, 9.17) is 28.9 Å². The van der Waals surface area contributed by atoms with E-state index >= 15 is 0 Å². The molecule has 5 aromatic carbocycles. The van der Waals surface area contributed by atoms with Gasteiger partial charge >= 0.3 is 17.9 Å². The Bertz CT molecular complexity index is 2290. The van der Waals surface area contributed by atoms with Crippen LogP contribution in [0.3, 0.4) is 0 Å². The highest BCUT2D eigenvalue weighted by molar-refractivity contribution is 6.02. The number of hydrogen-bond donors (Lipinski definition) is 1. The zero-order valence-corrected chi connectivity index (χ0v) is 33.7. The fourth-order valence-electron chi connectivity index (χ4n) is 6.09. The second-order valence-electron chi connectivity index (χ2n) is 14.6. The minimum absolute atomic E-state index is 0.0298. The van der Waals surface area contributed by atoms with Crippen molar-refractivity contribution in [3.05, 3.63) is 144 Å². The molecule has 302 valence electrons. The third-order valence-corrected chi connectivity index (χ3v) is 9.62. The molecule has 0 heterocycles. The average molecular weight is 795 g/mol. The molecule has 1 N–H and O–H groups in total. The second-order valence-corrected chi connectivity index (χ2v) is 14.6. The molecule has 5 aromatic rings. The normalized spacial score (nSPS) is 12.1. The van der Waals surface area contributed by atoms with E-state index in [0.29, 0.717) is 40.5 Å². The van der Waals surface area contributed by atoms with E-state index in [1.54, 1.807) is 107 Å². The smallest absolute Gasteiger partial charge is 0.343 e. The molecule has 11 heteroatoms. The van der Waals surface area contributed by atoms with Gasteiger partial charge in [0.1, 0.15) is 36.2 Å². The van der Waals surface area contributed by atoms with E-state index in [0.717, 1.165) is 22.4 Å². The molecule has 0 spiro atoms. The van der Waals surface area contributed by atoms with Gasteiger partial charge in [-0.1, -0.05) is 43.3 Å². The number of nitrogens with one attached hydrogen (secondary N) is 1. The third kappa shape index (κ3) is 12.2. The first-order valence-corrected chi connectivity index (χ1v) is 19.0. The van der Waals surface area contributed by atoms with Crippen LogP contribution in [0.1, 0.15) is 62.0 Å². The van der Waals surface area contributed by atoms with Crippen LogP contribution in [0.25, 0.3) is 17.2 Å². The van der Waals surface area contributed by atoms with Crippen molar-refractivity contribution < 1.29 is 42.9 Å². The predicted octanol–water partition coefficient (Wildman–Crippen LogP) is 9.47. The first-order chi connectivity index (χ1) is 28.3. The summed E-state index contributed by atoms with van der Waals surface area (Å²) in [5.41, 5.74) is 2.11. The largest absolute Gasteiger partial charge is 0.497 e. The summed E-state index contributed by atoms with van der Waals surface area (Å²) in [6.45, 7) is 7.10. The average Bonchev–Trinajstić information content (AvgIpc) is 3.25. The highest BCUT2D eigenvalue weighted by atomic mass is 16.6. The summed E-state index contributed by atoms with van der Waals surface area (Å²) in [6.07, 6.45) is 3.69. The van der Waals surface area contributed by atoms with Crippen molar-refractivity contribution in [2.75, 3.05) is 25.6 Å². The minimum Gasteiger partial charge on any atom is -0.497 e. The Kier molecular flexibility index (Phi) is 14.4. The van der Waals surface area contributed by atoms with Crippen molar-refractivity contribution in [1.82, 2.24) is 0 Å². The molecule has 0 saturated heterocycles. The van der Waals surface area contributed by atoms with Gasteiger partial charge in [0.05, 0.1) is 35.1 Å². The predicted molar refractivity (Wildman–Crippen MR) is 224 cm³/mol. The molecule has 0 aliphatic heterocycles. The maximum atomic E-state index is 13.4. The topological polar surface area (TPSA) is 150 Å². The summed E-state index contributed by atoms with van der Waals surface area (Å²) >= 11 is 0. The molecular weight excluding hydrogens is 749 g/mol. The lowest BCUT2D eigenvalue weighted by molar-refractivity contribution is -0.159. The van der Waals surface area contributed by atoms with Crippen molar-refractivity contribution in [2.24, 2.45) is 10.8 Å². The van der Waals surface area contributed by atoms with Crippen LogP contribution in [0.15, 0.2) is 127 Å². The maximum absolute atomic E-state index is 13.4. The highest BCUT2D eigenvalue weighted by Crippen LogP contribution is 2.39. The Labute approximate surface area is 344 Å². The van der Waals surface area contributed by atoms with Gasteiger partial charge in [0, 0.05) is 11.8 Å². The zero-order chi connectivity index (χ0) is 42.4. The molecule has 5 rings (SSSR count). The van der Waals surface area contributed by atoms with Crippen molar-refractivity contribution in [2.45, 2.75) is 40.5 Å². The molecule has 11 nitrogen and oxygen atoms in total. The lowest BCUT2D eigenvalue weighted by atomic mass is 9.72. The number of ether oxygens (including phenoxy) is 5. The number of rotatable bonds is 17. The summed E-state index contributed by atoms with van der Waals surface area (Å²) in [5, 5.41) is 11.8. The number of nitriles is 1. The van der Waals surface area contributed by atoms with E-state index in [9.17, 15) is 19.2 Å². The van der Waals surface area contributed by atoms with E-state index in [1.807, 2.05) is 55.5 Å². The van der Waals surface area contributed by atoms with Crippen molar-refractivity contribution in [3.63, 3.8) is 0 Å². The maximum Gasteiger partial charge on any atom is 0.343 e. The summed E-state index contributed by atoms with van der Waals surface area (Å²) in [4.78, 5) is 51.8. The third-order valence-electron chi connectivity index (χ3n) is 9.62. The van der Waals surface area contributed by atoms with Gasteiger partial charge in [-0.15, -0.1) is 0 Å². The summed E-state index contributed by atoms with van der Waals surface area (Å²) < 4.78 is 27.7. The molecule has 1 unspecified atom stereocenters. The second kappa shape index (κ2) is 19.8. The van der Waals surface area contributed by atoms with Crippen LogP contribution in [0.2, 0.25) is 0 Å². The number of hydrogen-bond acceptors (Lipinski definition) is 10. The molecule has 0 bridgehead atoms. The molecule has 59 heavy (non-hydrogen) atoms. The Balaban J connectivity index is 1.04.